The van der Waals surface area contributed by atoms with Gasteiger partial charge >= 0.3 is 0 Å². The number of halogens is 2. The monoisotopic (exact) mass is 450 g/mol. The molecule has 6 nitrogen and oxygen atoms in total. The van der Waals surface area contributed by atoms with E-state index in [1.165, 1.54) is 25.1 Å². The molecule has 3 amide bonds. The Morgan fingerprint density at radius 1 is 0.909 bits per heavy atom. The van der Waals surface area contributed by atoms with E-state index >= 15 is 0 Å². The van der Waals surface area contributed by atoms with Crippen LogP contribution in [0.4, 0.5) is 8.78 Å². The van der Waals surface area contributed by atoms with Gasteiger partial charge in [-0.05, 0) is 47.5 Å². The van der Waals surface area contributed by atoms with Gasteiger partial charge in [0.1, 0.15) is 5.75 Å². The minimum absolute atomic E-state index is 0.0104. The number of imide groups is 1. The maximum atomic E-state index is 13.5. The van der Waals surface area contributed by atoms with E-state index < -0.39 is 29.4 Å². The van der Waals surface area contributed by atoms with E-state index in [2.05, 4.69) is 0 Å². The van der Waals surface area contributed by atoms with Gasteiger partial charge in [0.15, 0.2) is 11.6 Å². The summed E-state index contributed by atoms with van der Waals surface area (Å²) in [5, 5.41) is 0. The van der Waals surface area contributed by atoms with Crippen LogP contribution in [0.25, 0.3) is 0 Å². The Balaban J connectivity index is 1.56. The molecule has 0 aromatic heterocycles. The normalized spacial score (nSPS) is 12.7. The Bertz CT molecular complexity index is 1240. The second-order valence-electron chi connectivity index (χ2n) is 7.69. The lowest BCUT2D eigenvalue weighted by molar-refractivity contribution is 0.0642. The van der Waals surface area contributed by atoms with Crippen molar-refractivity contribution in [1.82, 2.24) is 9.80 Å². The first kappa shape index (κ1) is 22.1. The summed E-state index contributed by atoms with van der Waals surface area (Å²) in [5.41, 5.74) is 1.90. The topological polar surface area (TPSA) is 66.9 Å². The number of carbonyl (C=O) groups is 3. The van der Waals surface area contributed by atoms with Gasteiger partial charge in [-0.1, -0.05) is 24.3 Å². The van der Waals surface area contributed by atoms with Crippen LogP contribution in [0.2, 0.25) is 0 Å². The molecule has 3 aromatic carbocycles. The van der Waals surface area contributed by atoms with E-state index in [1.807, 2.05) is 0 Å². The fourth-order valence-corrected chi connectivity index (χ4v) is 3.78. The van der Waals surface area contributed by atoms with Gasteiger partial charge in [0.05, 0.1) is 30.3 Å². The van der Waals surface area contributed by atoms with Gasteiger partial charge in [0, 0.05) is 13.6 Å². The predicted molar refractivity (Wildman–Crippen MR) is 116 cm³/mol. The molecule has 1 aliphatic rings. The van der Waals surface area contributed by atoms with Crippen molar-refractivity contribution in [2.75, 3.05) is 14.2 Å². The number of benzene rings is 3. The third-order valence-electron chi connectivity index (χ3n) is 5.46. The average Bonchev–Trinajstić information content (AvgIpc) is 3.06. The van der Waals surface area contributed by atoms with Crippen LogP contribution in [0.15, 0.2) is 60.7 Å². The largest absolute Gasteiger partial charge is 0.496 e. The summed E-state index contributed by atoms with van der Waals surface area (Å²) in [6.45, 7) is 0.0331. The minimum Gasteiger partial charge on any atom is -0.496 e. The fourth-order valence-electron chi connectivity index (χ4n) is 3.78. The Hall–Kier alpha value is -4.07. The molecular formula is C25H20F2N2O4. The van der Waals surface area contributed by atoms with E-state index in [0.717, 1.165) is 17.0 Å². The van der Waals surface area contributed by atoms with E-state index in [4.69, 9.17) is 4.74 Å². The molecule has 33 heavy (non-hydrogen) atoms. The summed E-state index contributed by atoms with van der Waals surface area (Å²) in [4.78, 5) is 40.9. The number of ether oxygens (including phenoxy) is 1. The maximum absolute atomic E-state index is 13.5. The Morgan fingerprint density at radius 3 is 2.15 bits per heavy atom. The van der Waals surface area contributed by atoms with Crippen LogP contribution in [0, 0.1) is 11.6 Å². The van der Waals surface area contributed by atoms with Crippen molar-refractivity contribution >= 4 is 17.7 Å². The van der Waals surface area contributed by atoms with E-state index in [-0.39, 0.29) is 18.7 Å². The fraction of sp³-hybridized carbons (Fsp3) is 0.160. The van der Waals surface area contributed by atoms with Crippen LogP contribution in [0.1, 0.15) is 42.2 Å². The molecule has 3 aromatic rings. The molecule has 0 N–H and O–H groups in total. The molecule has 0 atom stereocenters. The molecule has 0 saturated carbocycles. The molecule has 0 unspecified atom stereocenters. The summed E-state index contributed by atoms with van der Waals surface area (Å²) >= 11 is 0. The second kappa shape index (κ2) is 8.82. The maximum Gasteiger partial charge on any atom is 0.261 e. The molecule has 0 saturated heterocycles. The van der Waals surface area contributed by atoms with E-state index in [0.29, 0.717) is 28.0 Å². The highest BCUT2D eigenvalue weighted by Gasteiger charge is 2.35. The van der Waals surface area contributed by atoms with Gasteiger partial charge in [-0.3, -0.25) is 19.3 Å². The molecule has 0 aliphatic carbocycles. The standard InChI is InChI=1S/C25H20F2N2O4/c1-28(13-16-7-9-20(26)21(27)12-16)23(30)19-11-15(8-10-22(19)33-2)14-29-24(31)17-5-3-4-6-18(17)25(29)32/h3-12H,13-14H2,1-2H3. The van der Waals surface area contributed by atoms with Crippen LogP contribution < -0.4 is 4.74 Å². The second-order valence-corrected chi connectivity index (χ2v) is 7.69. The molecule has 8 heteroatoms. The van der Waals surface area contributed by atoms with E-state index in [9.17, 15) is 23.2 Å². The van der Waals surface area contributed by atoms with Crippen LogP contribution in [0.3, 0.4) is 0 Å². The quantitative estimate of drug-likeness (QED) is 0.532. The number of methoxy groups -OCH3 is 1. The van der Waals surface area contributed by atoms with Crippen LogP contribution in [-0.2, 0) is 13.1 Å². The lowest BCUT2D eigenvalue weighted by atomic mass is 10.1. The molecule has 0 spiro atoms. The highest BCUT2D eigenvalue weighted by Crippen LogP contribution is 2.27. The van der Waals surface area contributed by atoms with Crippen molar-refractivity contribution in [3.8, 4) is 5.75 Å². The third-order valence-corrected chi connectivity index (χ3v) is 5.46. The van der Waals surface area contributed by atoms with Crippen LogP contribution in [0.5, 0.6) is 5.75 Å². The first-order chi connectivity index (χ1) is 15.8. The smallest absolute Gasteiger partial charge is 0.261 e. The predicted octanol–water partition coefficient (Wildman–Crippen LogP) is 4.04. The van der Waals surface area contributed by atoms with Crippen molar-refractivity contribution in [2.24, 2.45) is 0 Å². The highest BCUT2D eigenvalue weighted by molar-refractivity contribution is 6.21. The summed E-state index contributed by atoms with van der Waals surface area (Å²) in [6.07, 6.45) is 0. The summed E-state index contributed by atoms with van der Waals surface area (Å²) < 4.78 is 32.0. The van der Waals surface area contributed by atoms with Gasteiger partial charge in [0.25, 0.3) is 17.7 Å². The Morgan fingerprint density at radius 2 is 1.55 bits per heavy atom. The van der Waals surface area contributed by atoms with Gasteiger partial charge < -0.3 is 9.64 Å². The summed E-state index contributed by atoms with van der Waals surface area (Å²) in [5.74, 6) is -2.85. The summed E-state index contributed by atoms with van der Waals surface area (Å²) in [7, 11) is 2.95. The SMILES string of the molecule is COc1ccc(CN2C(=O)c3ccccc3C2=O)cc1C(=O)N(C)Cc1ccc(F)c(F)c1. The van der Waals surface area contributed by atoms with Crippen molar-refractivity contribution in [2.45, 2.75) is 13.1 Å². The number of hydrogen-bond donors (Lipinski definition) is 0. The van der Waals surface area contributed by atoms with Gasteiger partial charge in [-0.2, -0.15) is 0 Å². The first-order valence-electron chi connectivity index (χ1n) is 10.1. The van der Waals surface area contributed by atoms with Crippen molar-refractivity contribution in [3.05, 3.63) is 100 Å². The van der Waals surface area contributed by atoms with E-state index in [1.54, 1.807) is 42.5 Å². The third kappa shape index (κ3) is 4.19. The van der Waals surface area contributed by atoms with Crippen LogP contribution in [-0.4, -0.2) is 41.7 Å². The van der Waals surface area contributed by atoms with Crippen LogP contribution >= 0.6 is 0 Å². The van der Waals surface area contributed by atoms with Crippen molar-refractivity contribution < 1.29 is 27.9 Å². The lowest BCUT2D eigenvalue weighted by Gasteiger charge is -2.20. The molecule has 0 fully saturated rings. The number of carbonyl (C=O) groups excluding carboxylic acids is 3. The number of nitrogens with zero attached hydrogens (tertiary/aromatic N) is 2. The lowest BCUT2D eigenvalue weighted by Crippen LogP contribution is -2.30. The van der Waals surface area contributed by atoms with Gasteiger partial charge in [-0.25, -0.2) is 8.78 Å². The minimum atomic E-state index is -0.992. The molecule has 0 bridgehead atoms. The number of hydrogen-bond acceptors (Lipinski definition) is 4. The first-order valence-corrected chi connectivity index (χ1v) is 10.1. The molecule has 1 heterocycles. The average molecular weight is 450 g/mol. The molecule has 168 valence electrons. The molecule has 1 aliphatic heterocycles. The number of rotatable bonds is 6. The highest BCUT2D eigenvalue weighted by atomic mass is 19.2. The molecule has 4 rings (SSSR count). The number of amides is 3. The zero-order chi connectivity index (χ0) is 23.7. The zero-order valence-corrected chi connectivity index (χ0v) is 18.0. The summed E-state index contributed by atoms with van der Waals surface area (Å²) in [6, 6.07) is 14.9. The zero-order valence-electron chi connectivity index (χ0n) is 18.0. The van der Waals surface area contributed by atoms with Gasteiger partial charge in [-0.15, -0.1) is 0 Å². The van der Waals surface area contributed by atoms with Crippen molar-refractivity contribution in [3.63, 3.8) is 0 Å². The Labute approximate surface area is 189 Å². The number of fused-ring (bicyclic) bond motifs is 1. The molecular weight excluding hydrogens is 430 g/mol. The van der Waals surface area contributed by atoms with Gasteiger partial charge in [0.2, 0.25) is 0 Å². The molecule has 0 radical (unpaired) electrons. The van der Waals surface area contributed by atoms with Crippen molar-refractivity contribution in [1.29, 1.82) is 0 Å². The Kier molecular flexibility index (Phi) is 5.91.